The monoisotopic (exact) mass is 244 g/mol. The van der Waals surface area contributed by atoms with Crippen LogP contribution in [0.5, 0.6) is 0 Å². The number of nitrogens with zero attached hydrogens (tertiary/aromatic N) is 3. The molecule has 5 heteroatoms. The van der Waals surface area contributed by atoms with Gasteiger partial charge in [-0.25, -0.2) is 0 Å². The van der Waals surface area contributed by atoms with Crippen LogP contribution in [0.3, 0.4) is 0 Å². The first-order valence-corrected chi connectivity index (χ1v) is 6.29. The molecule has 18 heavy (non-hydrogen) atoms. The maximum absolute atomic E-state index is 5.91. The maximum atomic E-state index is 5.91. The van der Waals surface area contributed by atoms with Gasteiger partial charge in [0.15, 0.2) is 0 Å². The molecule has 2 N–H and O–H groups in total. The number of pyridine rings is 1. The van der Waals surface area contributed by atoms with Gasteiger partial charge in [-0.05, 0) is 25.0 Å². The van der Waals surface area contributed by atoms with Crippen molar-refractivity contribution >= 4 is 0 Å². The number of hydrogen-bond acceptors (Lipinski definition) is 5. The Hall–Kier alpha value is -1.75. The molecule has 2 heterocycles. The fourth-order valence-electron chi connectivity index (χ4n) is 2.61. The standard InChI is InChI=1S/C13H16N4O/c14-9-13(5-1-2-6-13)12-16-11(17-18-12)10-4-3-7-15-8-10/h3-4,7-8H,1-2,5-6,9,14H2. The Morgan fingerprint density at radius 3 is 2.83 bits per heavy atom. The van der Waals surface area contributed by atoms with E-state index in [1.165, 1.54) is 12.8 Å². The van der Waals surface area contributed by atoms with Gasteiger partial charge in [0, 0.05) is 24.5 Å². The molecule has 2 aromatic rings. The van der Waals surface area contributed by atoms with E-state index in [2.05, 4.69) is 15.1 Å². The van der Waals surface area contributed by atoms with Crippen LogP contribution in [0.4, 0.5) is 0 Å². The van der Waals surface area contributed by atoms with Crippen molar-refractivity contribution in [2.75, 3.05) is 6.54 Å². The molecular weight excluding hydrogens is 228 g/mol. The summed E-state index contributed by atoms with van der Waals surface area (Å²) in [6, 6.07) is 3.78. The minimum absolute atomic E-state index is 0.104. The predicted octanol–water partition coefficient (Wildman–Crippen LogP) is 1.90. The van der Waals surface area contributed by atoms with Gasteiger partial charge in [0.05, 0.1) is 5.41 Å². The second-order valence-corrected chi connectivity index (χ2v) is 4.86. The summed E-state index contributed by atoms with van der Waals surface area (Å²) >= 11 is 0. The van der Waals surface area contributed by atoms with Gasteiger partial charge in [0.25, 0.3) is 0 Å². The third-order valence-corrected chi connectivity index (χ3v) is 3.75. The van der Waals surface area contributed by atoms with Crippen molar-refractivity contribution in [3.05, 3.63) is 30.4 Å². The first-order chi connectivity index (χ1) is 8.84. The SMILES string of the molecule is NCC1(c2nc(-c3cccnc3)no2)CCCC1. The second kappa shape index (κ2) is 4.49. The molecule has 0 radical (unpaired) electrons. The molecule has 0 amide bonds. The fraction of sp³-hybridized carbons (Fsp3) is 0.462. The number of rotatable bonds is 3. The van der Waals surface area contributed by atoms with E-state index >= 15 is 0 Å². The fourth-order valence-corrected chi connectivity index (χ4v) is 2.61. The molecule has 0 saturated heterocycles. The Bertz CT molecular complexity index is 517. The molecule has 0 aliphatic heterocycles. The van der Waals surface area contributed by atoms with E-state index in [4.69, 9.17) is 10.3 Å². The zero-order valence-electron chi connectivity index (χ0n) is 10.2. The molecule has 5 nitrogen and oxygen atoms in total. The van der Waals surface area contributed by atoms with E-state index in [0.29, 0.717) is 18.3 Å². The molecule has 1 fully saturated rings. The molecule has 0 aromatic carbocycles. The number of hydrogen-bond donors (Lipinski definition) is 1. The first-order valence-electron chi connectivity index (χ1n) is 6.29. The van der Waals surface area contributed by atoms with Gasteiger partial charge in [0.1, 0.15) is 0 Å². The van der Waals surface area contributed by atoms with Crippen LogP contribution in [0.15, 0.2) is 29.0 Å². The molecule has 94 valence electrons. The summed E-state index contributed by atoms with van der Waals surface area (Å²) in [7, 11) is 0. The van der Waals surface area contributed by atoms with Gasteiger partial charge in [-0.1, -0.05) is 18.0 Å². The Morgan fingerprint density at radius 1 is 1.33 bits per heavy atom. The van der Waals surface area contributed by atoms with Crippen molar-refractivity contribution in [3.8, 4) is 11.4 Å². The molecule has 0 bridgehead atoms. The van der Waals surface area contributed by atoms with Gasteiger partial charge in [-0.3, -0.25) is 4.98 Å². The van der Waals surface area contributed by atoms with Crippen molar-refractivity contribution in [1.29, 1.82) is 0 Å². The highest BCUT2D eigenvalue weighted by Crippen LogP contribution is 2.39. The highest BCUT2D eigenvalue weighted by molar-refractivity contribution is 5.52. The lowest BCUT2D eigenvalue weighted by Crippen LogP contribution is -2.32. The van der Waals surface area contributed by atoms with E-state index in [1.54, 1.807) is 12.4 Å². The van der Waals surface area contributed by atoms with Crippen LogP contribution >= 0.6 is 0 Å². The Morgan fingerprint density at radius 2 is 2.17 bits per heavy atom. The molecule has 0 atom stereocenters. The Balaban J connectivity index is 1.94. The lowest BCUT2D eigenvalue weighted by atomic mass is 9.86. The number of nitrogens with two attached hydrogens (primary N) is 1. The maximum Gasteiger partial charge on any atom is 0.234 e. The van der Waals surface area contributed by atoms with E-state index in [1.807, 2.05) is 12.1 Å². The smallest absolute Gasteiger partial charge is 0.234 e. The highest BCUT2D eigenvalue weighted by Gasteiger charge is 2.39. The van der Waals surface area contributed by atoms with Gasteiger partial charge in [-0.15, -0.1) is 0 Å². The zero-order valence-corrected chi connectivity index (χ0v) is 10.2. The lowest BCUT2D eigenvalue weighted by molar-refractivity contribution is 0.284. The van der Waals surface area contributed by atoms with Crippen LogP contribution < -0.4 is 5.73 Å². The van der Waals surface area contributed by atoms with Gasteiger partial charge >= 0.3 is 0 Å². The second-order valence-electron chi connectivity index (χ2n) is 4.86. The summed E-state index contributed by atoms with van der Waals surface area (Å²) in [5.74, 6) is 1.28. The van der Waals surface area contributed by atoms with Gasteiger partial charge in [-0.2, -0.15) is 4.98 Å². The largest absolute Gasteiger partial charge is 0.338 e. The van der Waals surface area contributed by atoms with Crippen LogP contribution in [-0.2, 0) is 5.41 Å². The summed E-state index contributed by atoms with van der Waals surface area (Å²) in [5, 5.41) is 4.04. The average molecular weight is 244 g/mol. The third-order valence-electron chi connectivity index (χ3n) is 3.75. The number of aromatic nitrogens is 3. The highest BCUT2D eigenvalue weighted by atomic mass is 16.5. The van der Waals surface area contributed by atoms with Crippen LogP contribution in [0.2, 0.25) is 0 Å². The van der Waals surface area contributed by atoms with Crippen molar-refractivity contribution in [2.24, 2.45) is 5.73 Å². The topological polar surface area (TPSA) is 77.8 Å². The van der Waals surface area contributed by atoms with Gasteiger partial charge < -0.3 is 10.3 Å². The molecular formula is C13H16N4O. The molecule has 0 spiro atoms. The minimum Gasteiger partial charge on any atom is -0.338 e. The average Bonchev–Trinajstić information content (AvgIpc) is 3.09. The molecule has 1 aliphatic carbocycles. The van der Waals surface area contributed by atoms with Crippen LogP contribution in [0.1, 0.15) is 31.6 Å². The molecule has 1 aliphatic rings. The minimum atomic E-state index is -0.104. The van der Waals surface area contributed by atoms with Crippen LogP contribution in [0.25, 0.3) is 11.4 Å². The van der Waals surface area contributed by atoms with E-state index in [-0.39, 0.29) is 5.41 Å². The summed E-state index contributed by atoms with van der Waals surface area (Å²) in [4.78, 5) is 8.57. The Labute approximate surface area is 105 Å². The summed E-state index contributed by atoms with van der Waals surface area (Å²) < 4.78 is 5.43. The third kappa shape index (κ3) is 1.80. The van der Waals surface area contributed by atoms with Crippen molar-refractivity contribution in [1.82, 2.24) is 15.1 Å². The van der Waals surface area contributed by atoms with E-state index < -0.39 is 0 Å². The Kier molecular flexibility index (Phi) is 2.83. The van der Waals surface area contributed by atoms with Crippen molar-refractivity contribution in [2.45, 2.75) is 31.1 Å². The van der Waals surface area contributed by atoms with Crippen LogP contribution in [0, 0.1) is 0 Å². The predicted molar refractivity (Wildman–Crippen MR) is 66.7 cm³/mol. The molecule has 0 unspecified atom stereocenters. The first kappa shape index (κ1) is 11.3. The zero-order chi connectivity index (χ0) is 12.4. The van der Waals surface area contributed by atoms with Gasteiger partial charge in [0.2, 0.25) is 11.7 Å². The van der Waals surface area contributed by atoms with E-state index in [9.17, 15) is 0 Å². The molecule has 3 rings (SSSR count). The molecule has 2 aromatic heterocycles. The quantitative estimate of drug-likeness (QED) is 0.892. The summed E-state index contributed by atoms with van der Waals surface area (Å²) in [6.07, 6.45) is 7.90. The van der Waals surface area contributed by atoms with Crippen LogP contribution in [-0.4, -0.2) is 21.7 Å². The van der Waals surface area contributed by atoms with Crippen molar-refractivity contribution < 1.29 is 4.52 Å². The van der Waals surface area contributed by atoms with Crippen molar-refractivity contribution in [3.63, 3.8) is 0 Å². The summed E-state index contributed by atoms with van der Waals surface area (Å²) in [5.41, 5.74) is 6.68. The molecule has 1 saturated carbocycles. The van der Waals surface area contributed by atoms with E-state index in [0.717, 1.165) is 18.4 Å². The summed E-state index contributed by atoms with van der Waals surface area (Å²) in [6.45, 7) is 0.571. The normalized spacial score (nSPS) is 18.1. The lowest BCUT2D eigenvalue weighted by Gasteiger charge is -2.21.